The summed E-state index contributed by atoms with van der Waals surface area (Å²) < 4.78 is 5.51. The second-order valence-electron chi connectivity index (χ2n) is 6.04. The number of aliphatic hydroxyl groups is 2. The highest BCUT2D eigenvalue weighted by Gasteiger charge is 2.46. The normalized spacial score (nSPS) is 47.3. The van der Waals surface area contributed by atoms with Gasteiger partial charge in [-0.25, -0.2) is 0 Å². The van der Waals surface area contributed by atoms with E-state index in [9.17, 15) is 10.2 Å². The minimum absolute atomic E-state index is 0.285. The fourth-order valence-electron chi connectivity index (χ4n) is 3.79. The predicted molar refractivity (Wildman–Crippen MR) is 63.6 cm³/mol. The van der Waals surface area contributed by atoms with Gasteiger partial charge in [-0.2, -0.15) is 0 Å². The van der Waals surface area contributed by atoms with Gasteiger partial charge >= 0.3 is 0 Å². The van der Waals surface area contributed by atoms with Crippen LogP contribution < -0.4 is 0 Å². The van der Waals surface area contributed by atoms with Crippen LogP contribution >= 0.6 is 0 Å². The molecule has 3 rings (SSSR count). The fraction of sp³-hybridized carbons (Fsp3) is 1.00. The summed E-state index contributed by atoms with van der Waals surface area (Å²) in [6, 6.07) is 0. The van der Waals surface area contributed by atoms with Crippen molar-refractivity contribution in [3.8, 4) is 0 Å². The Balaban J connectivity index is 1.55. The Labute approximate surface area is 103 Å². The summed E-state index contributed by atoms with van der Waals surface area (Å²) in [4.78, 5) is 2.43. The monoisotopic (exact) mass is 241 g/mol. The molecule has 17 heavy (non-hydrogen) atoms. The van der Waals surface area contributed by atoms with Crippen LogP contribution in [-0.4, -0.2) is 60.2 Å². The molecule has 98 valence electrons. The molecule has 2 bridgehead atoms. The molecule has 0 aromatic carbocycles. The van der Waals surface area contributed by atoms with E-state index in [0.717, 1.165) is 39.3 Å². The lowest BCUT2D eigenvalue weighted by Gasteiger charge is -2.35. The van der Waals surface area contributed by atoms with Crippen LogP contribution in [0.25, 0.3) is 0 Å². The van der Waals surface area contributed by atoms with E-state index in [0.29, 0.717) is 5.92 Å². The lowest BCUT2D eigenvalue weighted by Crippen LogP contribution is -2.42. The molecule has 2 saturated heterocycles. The third-order valence-corrected chi connectivity index (χ3v) is 4.68. The van der Waals surface area contributed by atoms with E-state index in [1.165, 1.54) is 12.8 Å². The average Bonchev–Trinajstić information content (AvgIpc) is 2.55. The SMILES string of the molecule is O[C@@H]1[C@H]2C[C@H](CN(CC3CCCOC3)C2)[C@@H]1O. The number of ether oxygens (including phenoxy) is 1. The highest BCUT2D eigenvalue weighted by atomic mass is 16.5. The molecule has 1 aliphatic carbocycles. The highest BCUT2D eigenvalue weighted by molar-refractivity contribution is 4.97. The van der Waals surface area contributed by atoms with Gasteiger partial charge in [0.1, 0.15) is 0 Å². The van der Waals surface area contributed by atoms with E-state index in [2.05, 4.69) is 4.90 Å². The number of rotatable bonds is 2. The summed E-state index contributed by atoms with van der Waals surface area (Å²) >= 11 is 0. The van der Waals surface area contributed by atoms with E-state index in [1.807, 2.05) is 0 Å². The number of piperidine rings is 1. The van der Waals surface area contributed by atoms with Gasteiger partial charge in [0.25, 0.3) is 0 Å². The Kier molecular flexibility index (Phi) is 3.39. The van der Waals surface area contributed by atoms with Gasteiger partial charge in [0, 0.05) is 38.1 Å². The van der Waals surface area contributed by atoms with Gasteiger partial charge in [-0.05, 0) is 25.2 Å². The largest absolute Gasteiger partial charge is 0.390 e. The van der Waals surface area contributed by atoms with E-state index in [-0.39, 0.29) is 11.8 Å². The average molecular weight is 241 g/mol. The van der Waals surface area contributed by atoms with Crippen LogP contribution in [0.15, 0.2) is 0 Å². The Morgan fingerprint density at radius 1 is 1.12 bits per heavy atom. The van der Waals surface area contributed by atoms with Crippen molar-refractivity contribution in [2.45, 2.75) is 31.5 Å². The molecule has 1 saturated carbocycles. The maximum Gasteiger partial charge on any atom is 0.0842 e. The van der Waals surface area contributed by atoms with Crippen LogP contribution in [0.4, 0.5) is 0 Å². The third-order valence-electron chi connectivity index (χ3n) is 4.68. The lowest BCUT2D eigenvalue weighted by molar-refractivity contribution is 0.0130. The number of nitrogens with zero attached hydrogens (tertiary/aromatic N) is 1. The summed E-state index contributed by atoms with van der Waals surface area (Å²) in [5.74, 6) is 1.22. The van der Waals surface area contributed by atoms with Crippen molar-refractivity contribution in [1.29, 1.82) is 0 Å². The van der Waals surface area contributed by atoms with Crippen LogP contribution in [0.3, 0.4) is 0 Å². The van der Waals surface area contributed by atoms with E-state index < -0.39 is 12.2 Å². The molecule has 0 amide bonds. The number of likely N-dealkylation sites (tertiary alicyclic amines) is 1. The number of hydrogen-bond donors (Lipinski definition) is 2. The Hall–Kier alpha value is -0.160. The number of fused-ring (bicyclic) bond motifs is 2. The van der Waals surface area contributed by atoms with E-state index in [1.54, 1.807) is 0 Å². The summed E-state index contributed by atoms with van der Waals surface area (Å²) in [5, 5.41) is 19.8. The van der Waals surface area contributed by atoms with Crippen molar-refractivity contribution in [1.82, 2.24) is 4.90 Å². The zero-order valence-corrected chi connectivity index (χ0v) is 10.3. The van der Waals surface area contributed by atoms with Gasteiger partial charge in [-0.15, -0.1) is 0 Å². The molecular weight excluding hydrogens is 218 g/mol. The number of aliphatic hydroxyl groups excluding tert-OH is 2. The van der Waals surface area contributed by atoms with Crippen molar-refractivity contribution >= 4 is 0 Å². The Morgan fingerprint density at radius 2 is 1.82 bits per heavy atom. The van der Waals surface area contributed by atoms with E-state index in [4.69, 9.17) is 4.74 Å². The zero-order chi connectivity index (χ0) is 11.8. The smallest absolute Gasteiger partial charge is 0.0842 e. The maximum absolute atomic E-state index is 9.89. The topological polar surface area (TPSA) is 52.9 Å². The first-order valence-corrected chi connectivity index (χ1v) is 6.90. The van der Waals surface area contributed by atoms with Gasteiger partial charge in [0.2, 0.25) is 0 Å². The molecule has 2 heterocycles. The lowest BCUT2D eigenvalue weighted by atomic mass is 9.95. The van der Waals surface area contributed by atoms with Crippen LogP contribution in [0, 0.1) is 17.8 Å². The maximum atomic E-state index is 9.89. The number of hydrogen-bond acceptors (Lipinski definition) is 4. The van der Waals surface area contributed by atoms with E-state index >= 15 is 0 Å². The van der Waals surface area contributed by atoms with Crippen molar-refractivity contribution in [3.05, 3.63) is 0 Å². The standard InChI is InChI=1S/C13H23NO3/c15-12-10-4-11(13(12)16)7-14(6-10)5-9-2-1-3-17-8-9/h9-13,15-16H,1-8H2/t9?,10-,11+,12+,13-. The van der Waals surface area contributed by atoms with Crippen LogP contribution in [0.2, 0.25) is 0 Å². The second-order valence-corrected chi connectivity index (χ2v) is 6.04. The molecule has 0 radical (unpaired) electrons. The molecule has 2 aliphatic heterocycles. The van der Waals surface area contributed by atoms with Gasteiger partial charge in [0.05, 0.1) is 18.8 Å². The first kappa shape index (κ1) is 11.9. The second kappa shape index (κ2) is 4.84. The van der Waals surface area contributed by atoms with Crippen molar-refractivity contribution in [2.24, 2.45) is 17.8 Å². The van der Waals surface area contributed by atoms with Gasteiger partial charge < -0.3 is 19.8 Å². The Bertz CT molecular complexity index is 251. The molecule has 1 unspecified atom stereocenters. The highest BCUT2D eigenvalue weighted by Crippen LogP contribution is 2.37. The molecule has 0 aromatic rings. The molecule has 3 fully saturated rings. The van der Waals surface area contributed by atoms with Crippen molar-refractivity contribution in [2.75, 3.05) is 32.8 Å². The van der Waals surface area contributed by atoms with Gasteiger partial charge in [-0.3, -0.25) is 0 Å². The summed E-state index contributed by atoms with van der Waals surface area (Å²) in [5.41, 5.74) is 0. The third kappa shape index (κ3) is 2.36. The first-order chi connectivity index (χ1) is 8.24. The molecule has 0 aromatic heterocycles. The molecule has 3 aliphatic rings. The van der Waals surface area contributed by atoms with Gasteiger partial charge in [0.15, 0.2) is 0 Å². The van der Waals surface area contributed by atoms with Crippen LogP contribution in [-0.2, 0) is 4.74 Å². The van der Waals surface area contributed by atoms with Crippen molar-refractivity contribution < 1.29 is 14.9 Å². The minimum atomic E-state index is -0.493. The van der Waals surface area contributed by atoms with Gasteiger partial charge in [-0.1, -0.05) is 0 Å². The molecule has 4 nitrogen and oxygen atoms in total. The minimum Gasteiger partial charge on any atom is -0.390 e. The first-order valence-electron chi connectivity index (χ1n) is 6.90. The predicted octanol–water partition coefficient (Wildman–Crippen LogP) is 0.0865. The van der Waals surface area contributed by atoms with Crippen LogP contribution in [0.1, 0.15) is 19.3 Å². The van der Waals surface area contributed by atoms with Crippen molar-refractivity contribution in [3.63, 3.8) is 0 Å². The summed E-state index contributed by atoms with van der Waals surface area (Å²) in [6.07, 6.45) is 2.45. The quantitative estimate of drug-likeness (QED) is 0.719. The Morgan fingerprint density at radius 3 is 2.41 bits per heavy atom. The molecular formula is C13H23NO3. The molecule has 2 N–H and O–H groups in total. The summed E-state index contributed by atoms with van der Waals surface area (Å²) in [7, 11) is 0. The molecule has 0 spiro atoms. The molecule has 5 atom stereocenters. The zero-order valence-electron chi connectivity index (χ0n) is 10.3. The van der Waals surface area contributed by atoms with Crippen LogP contribution in [0.5, 0.6) is 0 Å². The molecule has 4 heteroatoms. The summed E-state index contributed by atoms with van der Waals surface area (Å²) in [6.45, 7) is 4.78. The fourth-order valence-corrected chi connectivity index (χ4v) is 3.79.